The van der Waals surface area contributed by atoms with Crippen molar-refractivity contribution in [3.63, 3.8) is 0 Å². The van der Waals surface area contributed by atoms with Crippen LogP contribution in [0, 0.1) is 5.82 Å². The summed E-state index contributed by atoms with van der Waals surface area (Å²) in [5.41, 5.74) is 4.57. The lowest BCUT2D eigenvalue weighted by atomic mass is 10.2. The number of anilines is 1. The Bertz CT molecular complexity index is 976. The highest BCUT2D eigenvalue weighted by atomic mass is 35.5. The van der Waals surface area contributed by atoms with Crippen molar-refractivity contribution in [2.24, 2.45) is 5.10 Å². The second-order valence-electron chi connectivity index (χ2n) is 5.75. The van der Waals surface area contributed by atoms with Crippen LogP contribution in [0.3, 0.4) is 0 Å². The van der Waals surface area contributed by atoms with Crippen LogP contribution in [0.5, 0.6) is 11.5 Å². The third kappa shape index (κ3) is 4.94. The SMILES string of the molecule is COc1cccc(C=NNc2cccc(Cl)c2)c1OCc1c(F)cccc1Cl. The number of rotatable bonds is 7. The standard InChI is InChI=1S/C21H17Cl2FN2O2/c1-27-20-10-2-5-14(12-25-26-16-7-3-6-15(22)11-16)21(20)28-13-17-18(23)8-4-9-19(17)24/h2-12,26H,13H2,1H3. The van der Waals surface area contributed by atoms with Gasteiger partial charge in [0.2, 0.25) is 0 Å². The Kier molecular flexibility index (Phi) is 6.74. The minimum Gasteiger partial charge on any atom is -0.493 e. The van der Waals surface area contributed by atoms with E-state index in [4.69, 9.17) is 32.7 Å². The largest absolute Gasteiger partial charge is 0.493 e. The first-order chi connectivity index (χ1) is 13.6. The van der Waals surface area contributed by atoms with Gasteiger partial charge in [-0.15, -0.1) is 0 Å². The fraction of sp³-hybridized carbons (Fsp3) is 0.0952. The van der Waals surface area contributed by atoms with Gasteiger partial charge in [0.25, 0.3) is 0 Å². The summed E-state index contributed by atoms with van der Waals surface area (Å²) in [4.78, 5) is 0. The summed E-state index contributed by atoms with van der Waals surface area (Å²) in [5, 5.41) is 5.11. The Morgan fingerprint density at radius 2 is 1.86 bits per heavy atom. The van der Waals surface area contributed by atoms with Crippen LogP contribution in [0.25, 0.3) is 0 Å². The Hall–Kier alpha value is -2.76. The molecular formula is C21H17Cl2FN2O2. The smallest absolute Gasteiger partial charge is 0.170 e. The van der Waals surface area contributed by atoms with Gasteiger partial charge in [0, 0.05) is 16.1 Å². The van der Waals surface area contributed by atoms with Gasteiger partial charge in [0.05, 0.1) is 24.0 Å². The summed E-state index contributed by atoms with van der Waals surface area (Å²) in [5.74, 6) is 0.500. The fourth-order valence-corrected chi connectivity index (χ4v) is 2.91. The summed E-state index contributed by atoms with van der Waals surface area (Å²) in [6.07, 6.45) is 1.59. The number of nitrogens with zero attached hydrogens (tertiary/aromatic N) is 1. The van der Waals surface area contributed by atoms with E-state index in [1.165, 1.54) is 13.2 Å². The van der Waals surface area contributed by atoms with E-state index >= 15 is 0 Å². The van der Waals surface area contributed by atoms with Crippen molar-refractivity contribution in [2.75, 3.05) is 12.5 Å². The zero-order chi connectivity index (χ0) is 19.9. The quantitative estimate of drug-likeness (QED) is 0.368. The van der Waals surface area contributed by atoms with Crippen molar-refractivity contribution in [3.8, 4) is 11.5 Å². The normalized spacial score (nSPS) is 10.9. The molecule has 144 valence electrons. The highest BCUT2D eigenvalue weighted by Gasteiger charge is 2.13. The lowest BCUT2D eigenvalue weighted by Crippen LogP contribution is -2.03. The van der Waals surface area contributed by atoms with Crippen molar-refractivity contribution in [3.05, 3.63) is 87.7 Å². The lowest BCUT2D eigenvalue weighted by Gasteiger charge is -2.14. The van der Waals surface area contributed by atoms with Gasteiger partial charge < -0.3 is 9.47 Å². The van der Waals surface area contributed by atoms with E-state index in [9.17, 15) is 4.39 Å². The van der Waals surface area contributed by atoms with Crippen molar-refractivity contribution in [1.29, 1.82) is 0 Å². The molecule has 0 radical (unpaired) electrons. The molecule has 0 aliphatic carbocycles. The van der Waals surface area contributed by atoms with Crippen molar-refractivity contribution < 1.29 is 13.9 Å². The molecule has 0 heterocycles. The highest BCUT2D eigenvalue weighted by molar-refractivity contribution is 6.31. The zero-order valence-electron chi connectivity index (χ0n) is 15.0. The maximum atomic E-state index is 14.0. The minimum absolute atomic E-state index is 0.0472. The average molecular weight is 419 g/mol. The van der Waals surface area contributed by atoms with Crippen LogP contribution in [0.1, 0.15) is 11.1 Å². The number of para-hydroxylation sites is 1. The van der Waals surface area contributed by atoms with Crippen molar-refractivity contribution in [2.45, 2.75) is 6.61 Å². The van der Waals surface area contributed by atoms with E-state index in [-0.39, 0.29) is 12.2 Å². The molecule has 0 aliphatic rings. The number of hydrazone groups is 1. The van der Waals surface area contributed by atoms with E-state index in [1.54, 1.807) is 36.5 Å². The highest BCUT2D eigenvalue weighted by Crippen LogP contribution is 2.32. The van der Waals surface area contributed by atoms with Gasteiger partial charge in [-0.05, 0) is 42.5 Å². The molecule has 0 saturated carbocycles. The maximum Gasteiger partial charge on any atom is 0.170 e. The summed E-state index contributed by atoms with van der Waals surface area (Å²) in [6, 6.07) is 17.1. The molecule has 0 spiro atoms. The molecule has 28 heavy (non-hydrogen) atoms. The first-order valence-corrected chi connectivity index (χ1v) is 9.11. The summed E-state index contributed by atoms with van der Waals surface area (Å²) >= 11 is 12.0. The Labute approximate surface area is 172 Å². The molecule has 3 aromatic rings. The first-order valence-electron chi connectivity index (χ1n) is 8.36. The van der Waals surface area contributed by atoms with Gasteiger partial charge >= 0.3 is 0 Å². The van der Waals surface area contributed by atoms with Crippen LogP contribution >= 0.6 is 23.2 Å². The molecule has 4 nitrogen and oxygen atoms in total. The molecule has 0 bridgehead atoms. The van der Waals surface area contributed by atoms with E-state index in [1.807, 2.05) is 24.3 Å². The monoisotopic (exact) mass is 418 g/mol. The predicted molar refractivity (Wildman–Crippen MR) is 111 cm³/mol. The van der Waals surface area contributed by atoms with Crippen LogP contribution in [0.4, 0.5) is 10.1 Å². The van der Waals surface area contributed by atoms with Crippen LogP contribution in [-0.4, -0.2) is 13.3 Å². The fourth-order valence-electron chi connectivity index (χ4n) is 2.50. The van der Waals surface area contributed by atoms with Gasteiger partial charge in [-0.2, -0.15) is 5.10 Å². The number of halogens is 3. The van der Waals surface area contributed by atoms with E-state index in [0.717, 1.165) is 5.69 Å². The third-order valence-corrected chi connectivity index (χ3v) is 4.46. The minimum atomic E-state index is -0.430. The molecule has 3 aromatic carbocycles. The van der Waals surface area contributed by atoms with Crippen molar-refractivity contribution in [1.82, 2.24) is 0 Å². The van der Waals surface area contributed by atoms with Crippen LogP contribution in [-0.2, 0) is 6.61 Å². The van der Waals surface area contributed by atoms with Crippen LogP contribution in [0.15, 0.2) is 65.8 Å². The molecule has 0 saturated heterocycles. The van der Waals surface area contributed by atoms with Gasteiger partial charge in [-0.25, -0.2) is 4.39 Å². The zero-order valence-corrected chi connectivity index (χ0v) is 16.5. The summed E-state index contributed by atoms with van der Waals surface area (Å²) < 4.78 is 25.2. The second-order valence-corrected chi connectivity index (χ2v) is 6.59. The number of benzene rings is 3. The summed E-state index contributed by atoms with van der Waals surface area (Å²) in [6.45, 7) is -0.0472. The predicted octanol–water partition coefficient (Wildman–Crippen LogP) is 6.17. The molecule has 0 aromatic heterocycles. The molecule has 0 fully saturated rings. The Balaban J connectivity index is 1.81. The Morgan fingerprint density at radius 3 is 2.61 bits per heavy atom. The van der Waals surface area contributed by atoms with E-state index < -0.39 is 5.82 Å². The molecule has 1 N–H and O–H groups in total. The van der Waals surface area contributed by atoms with Gasteiger partial charge in [-0.1, -0.05) is 41.4 Å². The van der Waals surface area contributed by atoms with Crippen LogP contribution in [0.2, 0.25) is 10.0 Å². The molecular weight excluding hydrogens is 402 g/mol. The molecule has 0 aliphatic heterocycles. The molecule has 3 rings (SSSR count). The molecule has 0 atom stereocenters. The van der Waals surface area contributed by atoms with Crippen molar-refractivity contribution >= 4 is 35.1 Å². The lowest BCUT2D eigenvalue weighted by molar-refractivity contribution is 0.279. The molecule has 0 amide bonds. The first kappa shape index (κ1) is 20.0. The molecule has 0 unspecified atom stereocenters. The Morgan fingerprint density at radius 1 is 1.07 bits per heavy atom. The number of nitrogens with one attached hydrogen (secondary N) is 1. The average Bonchev–Trinajstić information content (AvgIpc) is 2.68. The number of hydrogen-bond donors (Lipinski definition) is 1. The molecule has 7 heteroatoms. The second kappa shape index (κ2) is 9.44. The number of hydrogen-bond acceptors (Lipinski definition) is 4. The third-order valence-electron chi connectivity index (χ3n) is 3.87. The van der Waals surface area contributed by atoms with Gasteiger partial charge in [0.15, 0.2) is 11.5 Å². The van der Waals surface area contributed by atoms with Crippen LogP contribution < -0.4 is 14.9 Å². The maximum absolute atomic E-state index is 14.0. The topological polar surface area (TPSA) is 42.8 Å². The van der Waals surface area contributed by atoms with E-state index in [2.05, 4.69) is 10.5 Å². The van der Waals surface area contributed by atoms with Gasteiger partial charge in [-0.3, -0.25) is 5.43 Å². The van der Waals surface area contributed by atoms with Gasteiger partial charge in [0.1, 0.15) is 12.4 Å². The number of methoxy groups -OCH3 is 1. The summed E-state index contributed by atoms with van der Waals surface area (Å²) in [7, 11) is 1.53. The number of ether oxygens (including phenoxy) is 2. The van der Waals surface area contributed by atoms with E-state index in [0.29, 0.717) is 27.1 Å².